The summed E-state index contributed by atoms with van der Waals surface area (Å²) in [5, 5.41) is 23.7. The zero-order valence-corrected chi connectivity index (χ0v) is 11.4. The van der Waals surface area contributed by atoms with Crippen LogP contribution >= 0.6 is 0 Å². The van der Waals surface area contributed by atoms with Gasteiger partial charge in [-0.2, -0.15) is 5.10 Å². The van der Waals surface area contributed by atoms with Gasteiger partial charge < -0.3 is 9.84 Å². The number of aromatic nitrogens is 2. The largest absolute Gasteiger partial charge is 0.491 e. The molecule has 0 radical (unpaired) electrons. The molecule has 1 N–H and O–H groups in total. The molecule has 1 aromatic carbocycles. The number of carboxylic acid groups (broad SMARTS) is 1. The monoisotopic (exact) mass is 291 g/mol. The molecule has 110 valence electrons. The predicted molar refractivity (Wildman–Crippen MR) is 72.9 cm³/mol. The van der Waals surface area contributed by atoms with E-state index in [-0.39, 0.29) is 17.5 Å². The Labute approximate surface area is 119 Å². The molecule has 8 heteroatoms. The number of ether oxygens (including phenoxy) is 1. The molecular weight excluding hydrogens is 278 g/mol. The Morgan fingerprint density at radius 2 is 2.14 bits per heavy atom. The summed E-state index contributed by atoms with van der Waals surface area (Å²) in [6.45, 7) is 3.60. The van der Waals surface area contributed by atoms with Gasteiger partial charge in [0.2, 0.25) is 0 Å². The van der Waals surface area contributed by atoms with Gasteiger partial charge in [-0.3, -0.25) is 10.1 Å². The fourth-order valence-corrected chi connectivity index (χ4v) is 1.73. The smallest absolute Gasteiger partial charge is 0.356 e. The van der Waals surface area contributed by atoms with Crippen LogP contribution in [0.3, 0.4) is 0 Å². The standard InChI is InChI=1S/C13H13N3O5/c1-8(2)21-11-6-9(5-10(7-11)16(19)20)15-4-3-12(14-15)13(17)18/h3-8H,1-2H3,(H,17,18). The molecule has 0 bridgehead atoms. The summed E-state index contributed by atoms with van der Waals surface area (Å²) >= 11 is 0. The number of hydrogen-bond donors (Lipinski definition) is 1. The molecule has 2 aromatic rings. The Morgan fingerprint density at radius 3 is 2.67 bits per heavy atom. The highest BCUT2D eigenvalue weighted by atomic mass is 16.6. The van der Waals surface area contributed by atoms with Gasteiger partial charge in [-0.05, 0) is 19.9 Å². The Bertz CT molecular complexity index is 693. The van der Waals surface area contributed by atoms with Gasteiger partial charge >= 0.3 is 5.97 Å². The van der Waals surface area contributed by atoms with Crippen LogP contribution in [-0.4, -0.2) is 31.9 Å². The fourth-order valence-electron chi connectivity index (χ4n) is 1.73. The molecule has 0 aliphatic rings. The minimum absolute atomic E-state index is 0.146. The van der Waals surface area contributed by atoms with Gasteiger partial charge in [-0.25, -0.2) is 9.48 Å². The molecule has 21 heavy (non-hydrogen) atoms. The van der Waals surface area contributed by atoms with Crippen molar-refractivity contribution in [3.05, 3.63) is 46.3 Å². The quantitative estimate of drug-likeness (QED) is 0.668. The van der Waals surface area contributed by atoms with Crippen LogP contribution in [0.15, 0.2) is 30.5 Å². The number of nitro benzene ring substituents is 1. The lowest BCUT2D eigenvalue weighted by Crippen LogP contribution is -2.07. The van der Waals surface area contributed by atoms with Crippen LogP contribution < -0.4 is 4.74 Å². The van der Waals surface area contributed by atoms with Crippen molar-refractivity contribution < 1.29 is 19.6 Å². The van der Waals surface area contributed by atoms with Crippen molar-refractivity contribution in [2.24, 2.45) is 0 Å². The van der Waals surface area contributed by atoms with Crippen LogP contribution in [0.1, 0.15) is 24.3 Å². The summed E-state index contributed by atoms with van der Waals surface area (Å²) < 4.78 is 6.71. The molecule has 1 aromatic heterocycles. The molecule has 0 unspecified atom stereocenters. The SMILES string of the molecule is CC(C)Oc1cc(-n2ccc(C(=O)O)n2)cc([N+](=O)[O-])c1. The Morgan fingerprint density at radius 1 is 1.43 bits per heavy atom. The van der Waals surface area contributed by atoms with Gasteiger partial charge in [-0.15, -0.1) is 0 Å². The van der Waals surface area contributed by atoms with Crippen molar-refractivity contribution in [2.45, 2.75) is 20.0 Å². The molecule has 2 rings (SSSR count). The summed E-state index contributed by atoms with van der Waals surface area (Å²) in [5.41, 5.74) is 0.0516. The van der Waals surface area contributed by atoms with E-state index in [9.17, 15) is 14.9 Å². The van der Waals surface area contributed by atoms with Crippen LogP contribution in [0.2, 0.25) is 0 Å². The molecule has 0 atom stereocenters. The van der Waals surface area contributed by atoms with E-state index in [0.29, 0.717) is 11.4 Å². The second-order valence-electron chi connectivity index (χ2n) is 4.56. The topological polar surface area (TPSA) is 107 Å². The maximum Gasteiger partial charge on any atom is 0.356 e. The van der Waals surface area contributed by atoms with Crippen LogP contribution in [0.5, 0.6) is 5.75 Å². The molecule has 0 aliphatic carbocycles. The van der Waals surface area contributed by atoms with Crippen molar-refractivity contribution in [1.82, 2.24) is 9.78 Å². The molecule has 1 heterocycles. The third-order valence-corrected chi connectivity index (χ3v) is 2.53. The molecule has 0 spiro atoms. The predicted octanol–water partition coefficient (Wildman–Crippen LogP) is 2.27. The Balaban J connectivity index is 2.47. The van der Waals surface area contributed by atoms with E-state index in [4.69, 9.17) is 9.84 Å². The first-order valence-corrected chi connectivity index (χ1v) is 6.12. The lowest BCUT2D eigenvalue weighted by Gasteiger charge is -2.11. The van der Waals surface area contributed by atoms with E-state index in [1.807, 2.05) is 0 Å². The third kappa shape index (κ3) is 3.35. The van der Waals surface area contributed by atoms with Gasteiger partial charge in [0.25, 0.3) is 5.69 Å². The van der Waals surface area contributed by atoms with E-state index < -0.39 is 10.9 Å². The molecule has 0 aliphatic heterocycles. The van der Waals surface area contributed by atoms with E-state index in [1.54, 1.807) is 19.9 Å². The number of hydrogen-bond acceptors (Lipinski definition) is 5. The van der Waals surface area contributed by atoms with E-state index in [0.717, 1.165) is 0 Å². The zero-order chi connectivity index (χ0) is 15.6. The lowest BCUT2D eigenvalue weighted by molar-refractivity contribution is -0.384. The third-order valence-electron chi connectivity index (χ3n) is 2.53. The van der Waals surface area contributed by atoms with Crippen LogP contribution in [0, 0.1) is 10.1 Å². The second kappa shape index (κ2) is 5.61. The lowest BCUT2D eigenvalue weighted by atomic mass is 10.2. The first-order valence-electron chi connectivity index (χ1n) is 6.12. The number of non-ortho nitro benzene ring substituents is 1. The minimum Gasteiger partial charge on any atom is -0.491 e. The Kier molecular flexibility index (Phi) is 3.88. The number of carbonyl (C=O) groups is 1. The fraction of sp³-hybridized carbons (Fsp3) is 0.231. The van der Waals surface area contributed by atoms with Crippen molar-refractivity contribution in [2.75, 3.05) is 0 Å². The van der Waals surface area contributed by atoms with E-state index in [1.165, 1.54) is 29.1 Å². The maximum absolute atomic E-state index is 11.0. The second-order valence-corrected chi connectivity index (χ2v) is 4.56. The minimum atomic E-state index is -1.17. The van der Waals surface area contributed by atoms with Crippen LogP contribution in [-0.2, 0) is 0 Å². The summed E-state index contributed by atoms with van der Waals surface area (Å²) in [7, 11) is 0. The van der Waals surface area contributed by atoms with Gasteiger partial charge in [0, 0.05) is 18.3 Å². The number of nitro groups is 1. The van der Waals surface area contributed by atoms with Gasteiger partial charge in [0.15, 0.2) is 5.69 Å². The van der Waals surface area contributed by atoms with E-state index >= 15 is 0 Å². The zero-order valence-electron chi connectivity index (χ0n) is 11.4. The average Bonchev–Trinajstić information content (AvgIpc) is 2.87. The van der Waals surface area contributed by atoms with Crippen LogP contribution in [0.4, 0.5) is 5.69 Å². The highest BCUT2D eigenvalue weighted by Gasteiger charge is 2.14. The summed E-state index contributed by atoms with van der Waals surface area (Å²) in [5.74, 6) is -0.848. The molecule has 0 saturated heterocycles. The Hall–Kier alpha value is -2.90. The van der Waals surface area contributed by atoms with Crippen molar-refractivity contribution in [3.63, 3.8) is 0 Å². The highest BCUT2D eigenvalue weighted by molar-refractivity contribution is 5.85. The average molecular weight is 291 g/mol. The van der Waals surface area contributed by atoms with Crippen molar-refractivity contribution >= 4 is 11.7 Å². The normalized spacial score (nSPS) is 10.6. The van der Waals surface area contributed by atoms with Gasteiger partial charge in [0.05, 0.1) is 22.8 Å². The highest BCUT2D eigenvalue weighted by Crippen LogP contribution is 2.25. The number of benzene rings is 1. The molecule has 0 fully saturated rings. The molecular formula is C13H13N3O5. The number of aromatic carboxylic acids is 1. The number of carboxylic acids is 1. The molecule has 0 saturated carbocycles. The van der Waals surface area contributed by atoms with Gasteiger partial charge in [0.1, 0.15) is 5.75 Å². The van der Waals surface area contributed by atoms with Crippen molar-refractivity contribution in [1.29, 1.82) is 0 Å². The molecule has 0 amide bonds. The summed E-state index contributed by atoms with van der Waals surface area (Å²) in [4.78, 5) is 21.2. The summed E-state index contributed by atoms with van der Waals surface area (Å²) in [6, 6.07) is 5.48. The summed E-state index contributed by atoms with van der Waals surface area (Å²) in [6.07, 6.45) is 1.27. The van der Waals surface area contributed by atoms with E-state index in [2.05, 4.69) is 5.10 Å². The maximum atomic E-state index is 11.0. The first kappa shape index (κ1) is 14.5. The van der Waals surface area contributed by atoms with Gasteiger partial charge in [-0.1, -0.05) is 0 Å². The van der Waals surface area contributed by atoms with Crippen LogP contribution in [0.25, 0.3) is 5.69 Å². The first-order chi connectivity index (χ1) is 9.86. The molecule has 8 nitrogen and oxygen atoms in total. The number of nitrogens with zero attached hydrogens (tertiary/aromatic N) is 3. The van der Waals surface area contributed by atoms with Crippen molar-refractivity contribution in [3.8, 4) is 11.4 Å². The number of rotatable bonds is 5.